The van der Waals surface area contributed by atoms with Gasteiger partial charge in [0.2, 0.25) is 23.6 Å². The van der Waals surface area contributed by atoms with E-state index in [-0.39, 0.29) is 60.5 Å². The van der Waals surface area contributed by atoms with E-state index in [1.807, 2.05) is 20.8 Å². The van der Waals surface area contributed by atoms with Crippen LogP contribution in [0.1, 0.15) is 66.2 Å². The van der Waals surface area contributed by atoms with Crippen LogP contribution >= 0.6 is 0 Å². The monoisotopic (exact) mass is 422 g/mol. The maximum Gasteiger partial charge on any atom is 0.224 e. The zero-order chi connectivity index (χ0) is 23.1. The molecule has 170 valence electrons. The molecule has 0 aromatic heterocycles. The van der Waals surface area contributed by atoms with Crippen molar-refractivity contribution in [2.75, 3.05) is 13.2 Å². The van der Waals surface area contributed by atoms with Crippen molar-refractivity contribution in [1.29, 1.82) is 0 Å². The number of carbonyl (C=O) groups excluding carboxylic acids is 4. The minimum absolute atomic E-state index is 0.0786. The second kappa shape index (κ2) is 15.3. The molecular formula is C22H38N4O4. The fourth-order valence-electron chi connectivity index (χ4n) is 2.97. The van der Waals surface area contributed by atoms with E-state index < -0.39 is 0 Å². The molecule has 4 unspecified atom stereocenters. The van der Waals surface area contributed by atoms with Crippen molar-refractivity contribution >= 4 is 23.6 Å². The van der Waals surface area contributed by atoms with E-state index >= 15 is 0 Å². The first-order valence-corrected chi connectivity index (χ1v) is 10.7. The van der Waals surface area contributed by atoms with Crippen molar-refractivity contribution in [1.82, 2.24) is 16.0 Å². The first kappa shape index (κ1) is 27.4. The van der Waals surface area contributed by atoms with E-state index in [1.54, 1.807) is 6.92 Å². The van der Waals surface area contributed by atoms with Gasteiger partial charge in [-0.3, -0.25) is 19.2 Å². The third-order valence-electron chi connectivity index (χ3n) is 5.48. The molecule has 0 heterocycles. The molecule has 0 aliphatic carbocycles. The Morgan fingerprint density at radius 1 is 0.800 bits per heavy atom. The van der Waals surface area contributed by atoms with Crippen LogP contribution < -0.4 is 21.7 Å². The van der Waals surface area contributed by atoms with Crippen molar-refractivity contribution in [3.63, 3.8) is 0 Å². The Hall–Kier alpha value is -2.56. The second-order valence-electron chi connectivity index (χ2n) is 7.75. The molecular weight excluding hydrogens is 384 g/mol. The summed E-state index contributed by atoms with van der Waals surface area (Å²) in [6.45, 7) is 7.62. The van der Waals surface area contributed by atoms with Gasteiger partial charge in [0.1, 0.15) is 0 Å². The first-order valence-electron chi connectivity index (χ1n) is 10.7. The summed E-state index contributed by atoms with van der Waals surface area (Å²) in [6, 6.07) is 0. The number of nitrogens with two attached hydrogens (primary N) is 1. The number of rotatable bonds is 15. The Morgan fingerprint density at radius 2 is 1.33 bits per heavy atom. The largest absolute Gasteiger partial charge is 0.369 e. The van der Waals surface area contributed by atoms with Crippen LogP contribution in [0.25, 0.3) is 0 Å². The number of hydrogen-bond acceptors (Lipinski definition) is 4. The Bertz CT molecular complexity index is 615. The molecule has 0 bridgehead atoms. The Kier molecular flexibility index (Phi) is 14.0. The maximum absolute atomic E-state index is 12.4. The van der Waals surface area contributed by atoms with Crippen molar-refractivity contribution in [3.05, 3.63) is 0 Å². The van der Waals surface area contributed by atoms with Gasteiger partial charge in [0.05, 0.1) is 13.2 Å². The molecule has 8 nitrogen and oxygen atoms in total. The van der Waals surface area contributed by atoms with Gasteiger partial charge >= 0.3 is 0 Å². The molecule has 5 N–H and O–H groups in total. The van der Waals surface area contributed by atoms with Gasteiger partial charge in [0, 0.05) is 23.7 Å². The van der Waals surface area contributed by atoms with E-state index in [0.717, 1.165) is 6.42 Å². The third-order valence-corrected chi connectivity index (χ3v) is 5.48. The summed E-state index contributed by atoms with van der Waals surface area (Å²) in [6.07, 6.45) is 8.55. The smallest absolute Gasteiger partial charge is 0.224 e. The van der Waals surface area contributed by atoms with Crippen LogP contribution in [0.2, 0.25) is 0 Å². The standard InChI is InChI=1S/C22H38N4O4/c1-6-13-24-22(30)18(12-11-17(8-3)19(23)27)10-9-16(5)21(29)26-14-25-20(28)15(4)7-2/h1,15-18H,7-14H2,2-5H3,(H2,23,27)(H,24,30)(H,25,28)(H,26,29). The normalized spacial score (nSPS) is 14.5. The average Bonchev–Trinajstić information content (AvgIpc) is 2.72. The molecule has 0 aliphatic rings. The predicted octanol–water partition coefficient (Wildman–Crippen LogP) is 1.30. The number of primary amides is 1. The minimum atomic E-state index is -0.368. The summed E-state index contributed by atoms with van der Waals surface area (Å²) >= 11 is 0. The van der Waals surface area contributed by atoms with Crippen LogP contribution in [0, 0.1) is 36.0 Å². The summed E-state index contributed by atoms with van der Waals surface area (Å²) < 4.78 is 0. The molecule has 0 aromatic rings. The van der Waals surface area contributed by atoms with Gasteiger partial charge < -0.3 is 21.7 Å². The van der Waals surface area contributed by atoms with E-state index in [1.165, 1.54) is 0 Å². The number of hydrogen-bond donors (Lipinski definition) is 4. The highest BCUT2D eigenvalue weighted by Crippen LogP contribution is 2.22. The van der Waals surface area contributed by atoms with Gasteiger partial charge in [-0.2, -0.15) is 0 Å². The van der Waals surface area contributed by atoms with E-state index in [4.69, 9.17) is 12.2 Å². The van der Waals surface area contributed by atoms with Crippen LogP contribution in [0.3, 0.4) is 0 Å². The molecule has 0 fully saturated rings. The number of carbonyl (C=O) groups is 4. The van der Waals surface area contributed by atoms with E-state index in [9.17, 15) is 19.2 Å². The van der Waals surface area contributed by atoms with Gasteiger partial charge in [-0.25, -0.2) is 0 Å². The second-order valence-corrected chi connectivity index (χ2v) is 7.75. The lowest BCUT2D eigenvalue weighted by Gasteiger charge is -2.20. The number of nitrogens with one attached hydrogen (secondary N) is 3. The van der Waals surface area contributed by atoms with Crippen LogP contribution in [0.15, 0.2) is 0 Å². The Labute approximate surface area is 180 Å². The quantitative estimate of drug-likeness (QED) is 0.234. The molecule has 0 rings (SSSR count). The zero-order valence-electron chi connectivity index (χ0n) is 18.8. The maximum atomic E-state index is 12.4. The molecule has 4 atom stereocenters. The summed E-state index contributed by atoms with van der Waals surface area (Å²) in [5.74, 6) is 0.472. The highest BCUT2D eigenvalue weighted by molar-refractivity contribution is 5.81. The molecule has 0 aromatic carbocycles. The highest BCUT2D eigenvalue weighted by Gasteiger charge is 2.23. The minimum Gasteiger partial charge on any atom is -0.369 e. The van der Waals surface area contributed by atoms with Gasteiger partial charge in [0.15, 0.2) is 0 Å². The molecule has 0 spiro atoms. The lowest BCUT2D eigenvalue weighted by atomic mass is 9.88. The van der Waals surface area contributed by atoms with Crippen LogP contribution in [-0.2, 0) is 19.2 Å². The molecule has 0 saturated carbocycles. The van der Waals surface area contributed by atoms with Crippen molar-refractivity contribution in [2.24, 2.45) is 29.4 Å². The summed E-state index contributed by atoms with van der Waals surface area (Å²) in [5, 5.41) is 8.05. The Morgan fingerprint density at radius 3 is 1.83 bits per heavy atom. The fourth-order valence-corrected chi connectivity index (χ4v) is 2.97. The van der Waals surface area contributed by atoms with Gasteiger partial charge in [-0.15, -0.1) is 6.42 Å². The molecule has 4 amide bonds. The number of terminal acetylenes is 1. The van der Waals surface area contributed by atoms with E-state index in [2.05, 4.69) is 21.9 Å². The molecule has 30 heavy (non-hydrogen) atoms. The third kappa shape index (κ3) is 10.8. The van der Waals surface area contributed by atoms with Crippen LogP contribution in [0.5, 0.6) is 0 Å². The van der Waals surface area contributed by atoms with Crippen molar-refractivity contribution < 1.29 is 19.2 Å². The zero-order valence-corrected chi connectivity index (χ0v) is 18.8. The van der Waals surface area contributed by atoms with Crippen LogP contribution in [-0.4, -0.2) is 36.8 Å². The molecule has 0 saturated heterocycles. The number of amides is 4. The summed E-state index contributed by atoms with van der Waals surface area (Å²) in [7, 11) is 0. The lowest BCUT2D eigenvalue weighted by Crippen LogP contribution is -2.41. The first-order chi connectivity index (χ1) is 14.2. The van der Waals surface area contributed by atoms with Crippen molar-refractivity contribution in [3.8, 4) is 12.3 Å². The molecule has 0 radical (unpaired) electrons. The lowest BCUT2D eigenvalue weighted by molar-refractivity contribution is -0.128. The SMILES string of the molecule is C#CCNC(=O)C(CCC(C)C(=O)NCNC(=O)C(C)CC)CCC(CC)C(N)=O. The average molecular weight is 423 g/mol. The Balaban J connectivity index is 4.65. The van der Waals surface area contributed by atoms with Crippen molar-refractivity contribution in [2.45, 2.75) is 66.2 Å². The van der Waals surface area contributed by atoms with Gasteiger partial charge in [-0.1, -0.05) is 33.6 Å². The van der Waals surface area contributed by atoms with E-state index in [0.29, 0.717) is 32.1 Å². The van der Waals surface area contributed by atoms with Gasteiger partial charge in [-0.05, 0) is 38.5 Å². The summed E-state index contributed by atoms with van der Waals surface area (Å²) in [4.78, 5) is 47.9. The highest BCUT2D eigenvalue weighted by atomic mass is 16.2. The summed E-state index contributed by atoms with van der Waals surface area (Å²) in [5.41, 5.74) is 5.40. The molecule has 0 aliphatic heterocycles. The van der Waals surface area contributed by atoms with Crippen LogP contribution in [0.4, 0.5) is 0 Å². The molecule has 8 heteroatoms. The topological polar surface area (TPSA) is 130 Å². The van der Waals surface area contributed by atoms with Gasteiger partial charge in [0.25, 0.3) is 0 Å². The predicted molar refractivity (Wildman–Crippen MR) is 117 cm³/mol. The fraction of sp³-hybridized carbons (Fsp3) is 0.727.